The lowest BCUT2D eigenvalue weighted by atomic mass is 10.1. The largest absolute Gasteiger partial charge is 0.494 e. The molecule has 0 saturated heterocycles. The second kappa shape index (κ2) is 9.15. The summed E-state index contributed by atoms with van der Waals surface area (Å²) in [4.78, 5) is 11.6. The van der Waals surface area contributed by atoms with Crippen molar-refractivity contribution in [3.63, 3.8) is 0 Å². The van der Waals surface area contributed by atoms with Crippen LogP contribution in [-0.4, -0.2) is 30.8 Å². The lowest BCUT2D eigenvalue weighted by Crippen LogP contribution is -2.26. The van der Waals surface area contributed by atoms with Crippen LogP contribution in [0, 0.1) is 5.92 Å². The summed E-state index contributed by atoms with van der Waals surface area (Å²) in [6, 6.07) is 7.57. The molecule has 0 radical (unpaired) electrons. The molecule has 0 spiro atoms. The molecule has 1 amide bonds. The van der Waals surface area contributed by atoms with Crippen molar-refractivity contribution >= 4 is 12.0 Å². The zero-order chi connectivity index (χ0) is 14.8. The average Bonchev–Trinajstić information content (AvgIpc) is 2.45. The Morgan fingerprint density at radius 3 is 2.70 bits per heavy atom. The van der Waals surface area contributed by atoms with Crippen LogP contribution in [0.25, 0.3) is 6.08 Å². The number of ether oxygens (including phenoxy) is 1. The summed E-state index contributed by atoms with van der Waals surface area (Å²) < 4.78 is 5.35. The van der Waals surface area contributed by atoms with E-state index in [4.69, 9.17) is 9.84 Å². The lowest BCUT2D eigenvalue weighted by Gasteiger charge is -2.09. The van der Waals surface area contributed by atoms with Crippen LogP contribution in [-0.2, 0) is 4.79 Å². The van der Waals surface area contributed by atoms with Crippen LogP contribution in [0.5, 0.6) is 5.75 Å². The predicted molar refractivity (Wildman–Crippen MR) is 80.5 cm³/mol. The molecule has 0 aromatic heterocycles. The number of carbonyl (C=O) groups excluding carboxylic acids is 1. The fraction of sp³-hybridized carbons (Fsp3) is 0.438. The number of nitrogens with one attached hydrogen (secondary N) is 1. The number of amides is 1. The third kappa shape index (κ3) is 6.38. The monoisotopic (exact) mass is 277 g/mol. The van der Waals surface area contributed by atoms with Gasteiger partial charge in [-0.3, -0.25) is 4.79 Å². The number of rotatable bonds is 8. The van der Waals surface area contributed by atoms with Crippen molar-refractivity contribution in [3.8, 4) is 5.75 Å². The predicted octanol–water partition coefficient (Wildman–Crippen LogP) is 2.23. The second-order valence-electron chi connectivity index (χ2n) is 4.70. The molecule has 0 aliphatic carbocycles. The fourth-order valence-corrected chi connectivity index (χ4v) is 1.67. The summed E-state index contributed by atoms with van der Waals surface area (Å²) in [7, 11) is 0. The highest BCUT2D eigenvalue weighted by molar-refractivity contribution is 5.91. The van der Waals surface area contributed by atoms with Gasteiger partial charge in [-0.15, -0.1) is 0 Å². The van der Waals surface area contributed by atoms with E-state index in [9.17, 15) is 4.79 Å². The highest BCUT2D eigenvalue weighted by Crippen LogP contribution is 2.12. The number of aliphatic hydroxyl groups excluding tert-OH is 1. The molecule has 0 aliphatic heterocycles. The minimum atomic E-state index is -0.122. The summed E-state index contributed by atoms with van der Waals surface area (Å²) in [6.45, 7) is 5.30. The quantitative estimate of drug-likeness (QED) is 0.716. The van der Waals surface area contributed by atoms with E-state index in [1.54, 1.807) is 6.08 Å². The number of carbonyl (C=O) groups is 1. The van der Waals surface area contributed by atoms with Crippen molar-refractivity contribution < 1.29 is 14.6 Å². The topological polar surface area (TPSA) is 58.6 Å². The lowest BCUT2D eigenvalue weighted by molar-refractivity contribution is -0.116. The zero-order valence-corrected chi connectivity index (χ0v) is 12.1. The van der Waals surface area contributed by atoms with Crippen molar-refractivity contribution in [2.24, 2.45) is 5.92 Å². The molecule has 1 aromatic rings. The molecule has 2 N–H and O–H groups in total. The summed E-state index contributed by atoms with van der Waals surface area (Å²) in [5.74, 6) is 0.985. The van der Waals surface area contributed by atoms with Gasteiger partial charge in [0.25, 0.3) is 0 Å². The molecular formula is C16H23NO3. The first-order chi connectivity index (χ1) is 9.65. The summed E-state index contributed by atoms with van der Waals surface area (Å²) in [5.41, 5.74) is 0.951. The van der Waals surface area contributed by atoms with Crippen molar-refractivity contribution in [2.45, 2.75) is 20.3 Å². The Bertz CT molecular complexity index is 426. The minimum Gasteiger partial charge on any atom is -0.494 e. The van der Waals surface area contributed by atoms with Gasteiger partial charge < -0.3 is 15.2 Å². The molecular weight excluding hydrogens is 254 g/mol. The Kier molecular flexibility index (Phi) is 7.43. The molecule has 1 unspecified atom stereocenters. The van der Waals surface area contributed by atoms with Crippen molar-refractivity contribution in [3.05, 3.63) is 35.9 Å². The highest BCUT2D eigenvalue weighted by atomic mass is 16.5. The Morgan fingerprint density at radius 1 is 1.40 bits per heavy atom. The van der Waals surface area contributed by atoms with Gasteiger partial charge in [-0.2, -0.15) is 0 Å². The number of hydrogen-bond donors (Lipinski definition) is 2. The van der Waals surface area contributed by atoms with E-state index in [2.05, 4.69) is 5.32 Å². The summed E-state index contributed by atoms with van der Waals surface area (Å²) in [6.07, 6.45) is 3.98. The molecule has 0 bridgehead atoms. The standard InChI is InChI=1S/C16H23NO3/c1-3-20-15-7-4-14(5-8-15)6-9-16(19)17-12-13(2)10-11-18/h4-9,13,18H,3,10-12H2,1-2H3,(H,17,19). The number of benzene rings is 1. The molecule has 4 nitrogen and oxygen atoms in total. The zero-order valence-electron chi connectivity index (χ0n) is 12.1. The molecule has 0 heterocycles. The van der Waals surface area contributed by atoms with E-state index >= 15 is 0 Å². The second-order valence-corrected chi connectivity index (χ2v) is 4.70. The van der Waals surface area contributed by atoms with Crippen molar-refractivity contribution in [1.82, 2.24) is 5.32 Å². The highest BCUT2D eigenvalue weighted by Gasteiger charge is 2.02. The van der Waals surface area contributed by atoms with Crippen LogP contribution in [0.15, 0.2) is 30.3 Å². The van der Waals surface area contributed by atoms with Gasteiger partial charge in [-0.1, -0.05) is 19.1 Å². The van der Waals surface area contributed by atoms with E-state index < -0.39 is 0 Å². The first kappa shape index (κ1) is 16.2. The Labute approximate surface area is 120 Å². The number of hydrogen-bond acceptors (Lipinski definition) is 3. The Hall–Kier alpha value is -1.81. The van der Waals surface area contributed by atoms with Gasteiger partial charge >= 0.3 is 0 Å². The normalized spacial score (nSPS) is 12.3. The molecule has 110 valence electrons. The maximum Gasteiger partial charge on any atom is 0.244 e. The van der Waals surface area contributed by atoms with Gasteiger partial charge in [0.2, 0.25) is 5.91 Å². The first-order valence-corrected chi connectivity index (χ1v) is 6.95. The first-order valence-electron chi connectivity index (χ1n) is 6.95. The van der Waals surface area contributed by atoms with Crippen LogP contribution >= 0.6 is 0 Å². The maximum absolute atomic E-state index is 11.6. The molecule has 4 heteroatoms. The van der Waals surface area contributed by atoms with Crippen LogP contribution in [0.3, 0.4) is 0 Å². The van der Waals surface area contributed by atoms with E-state index in [-0.39, 0.29) is 18.4 Å². The van der Waals surface area contributed by atoms with E-state index in [1.807, 2.05) is 38.1 Å². The Morgan fingerprint density at radius 2 is 2.10 bits per heavy atom. The van der Waals surface area contributed by atoms with Gasteiger partial charge in [0.1, 0.15) is 5.75 Å². The van der Waals surface area contributed by atoms with Gasteiger partial charge in [-0.05, 0) is 43.0 Å². The van der Waals surface area contributed by atoms with E-state index in [0.29, 0.717) is 19.6 Å². The molecule has 1 atom stereocenters. The molecule has 0 saturated carbocycles. The van der Waals surface area contributed by atoms with Crippen LogP contribution in [0.1, 0.15) is 25.8 Å². The Balaban J connectivity index is 2.40. The SMILES string of the molecule is CCOc1ccc(C=CC(=O)NCC(C)CCO)cc1. The third-order valence-corrected chi connectivity index (χ3v) is 2.86. The molecule has 0 aliphatic rings. The van der Waals surface area contributed by atoms with E-state index in [0.717, 1.165) is 11.3 Å². The van der Waals surface area contributed by atoms with Crippen molar-refractivity contribution in [1.29, 1.82) is 0 Å². The van der Waals surface area contributed by atoms with Crippen LogP contribution in [0.4, 0.5) is 0 Å². The molecule has 1 aromatic carbocycles. The van der Waals surface area contributed by atoms with Gasteiger partial charge in [0.05, 0.1) is 6.61 Å². The van der Waals surface area contributed by atoms with E-state index in [1.165, 1.54) is 6.08 Å². The molecule has 1 rings (SSSR count). The third-order valence-electron chi connectivity index (χ3n) is 2.86. The summed E-state index contributed by atoms with van der Waals surface area (Å²) in [5, 5.41) is 11.6. The van der Waals surface area contributed by atoms with Crippen LogP contribution in [0.2, 0.25) is 0 Å². The van der Waals surface area contributed by atoms with Gasteiger partial charge in [0.15, 0.2) is 0 Å². The molecule has 20 heavy (non-hydrogen) atoms. The smallest absolute Gasteiger partial charge is 0.244 e. The van der Waals surface area contributed by atoms with Crippen molar-refractivity contribution in [2.75, 3.05) is 19.8 Å². The van der Waals surface area contributed by atoms with Gasteiger partial charge in [-0.25, -0.2) is 0 Å². The maximum atomic E-state index is 11.6. The number of aliphatic hydroxyl groups is 1. The summed E-state index contributed by atoms with van der Waals surface area (Å²) >= 11 is 0. The van der Waals surface area contributed by atoms with Gasteiger partial charge in [0, 0.05) is 19.2 Å². The minimum absolute atomic E-state index is 0.122. The fourth-order valence-electron chi connectivity index (χ4n) is 1.67. The van der Waals surface area contributed by atoms with Crippen LogP contribution < -0.4 is 10.1 Å². The molecule has 0 fully saturated rings. The average molecular weight is 277 g/mol.